The summed E-state index contributed by atoms with van der Waals surface area (Å²) in [4.78, 5) is 19.2. The molecule has 6 nitrogen and oxygen atoms in total. The number of carbonyl (C=O) groups excluding carboxylic acids is 1. The standard InChI is InChI=1S/C24H29ClN4O2/c1-24(2,3)31-23(30)28-14-6-7-19(16-28)26-22-27-20-8-4-5-9-21(20)29(22)15-17-10-12-18(25)13-11-17/h4-5,8-13,19H,6-7,14-16H2,1-3H3,(H,26,27). The van der Waals surface area contributed by atoms with Crippen molar-refractivity contribution >= 4 is 34.7 Å². The number of ether oxygens (including phenoxy) is 1. The molecule has 0 spiro atoms. The molecule has 7 heteroatoms. The fourth-order valence-electron chi connectivity index (χ4n) is 3.89. The van der Waals surface area contributed by atoms with Gasteiger partial charge in [-0.1, -0.05) is 35.9 Å². The Morgan fingerprint density at radius 3 is 2.68 bits per heavy atom. The Kier molecular flexibility index (Phi) is 6.10. The van der Waals surface area contributed by atoms with Crippen molar-refractivity contribution in [2.75, 3.05) is 18.4 Å². The van der Waals surface area contributed by atoms with Crippen LogP contribution in [0.25, 0.3) is 11.0 Å². The van der Waals surface area contributed by atoms with Gasteiger partial charge in [0.05, 0.1) is 17.6 Å². The molecule has 3 aromatic rings. The van der Waals surface area contributed by atoms with Gasteiger partial charge in [0.2, 0.25) is 5.95 Å². The van der Waals surface area contributed by atoms with E-state index < -0.39 is 5.60 Å². The van der Waals surface area contributed by atoms with Crippen LogP contribution in [0.2, 0.25) is 5.02 Å². The van der Waals surface area contributed by atoms with Crippen molar-refractivity contribution < 1.29 is 9.53 Å². The SMILES string of the molecule is CC(C)(C)OC(=O)N1CCCC(Nc2nc3ccccc3n2Cc2ccc(Cl)cc2)C1. The lowest BCUT2D eigenvalue weighted by Gasteiger charge is -2.34. The summed E-state index contributed by atoms with van der Waals surface area (Å²) in [5.74, 6) is 0.812. The van der Waals surface area contributed by atoms with Crippen molar-refractivity contribution in [3.05, 3.63) is 59.1 Å². The van der Waals surface area contributed by atoms with Crippen LogP contribution in [0.4, 0.5) is 10.7 Å². The van der Waals surface area contributed by atoms with Crippen molar-refractivity contribution in [3.63, 3.8) is 0 Å². The van der Waals surface area contributed by atoms with Gasteiger partial charge in [-0.3, -0.25) is 0 Å². The van der Waals surface area contributed by atoms with Gasteiger partial charge in [-0.2, -0.15) is 0 Å². The zero-order valence-electron chi connectivity index (χ0n) is 18.3. The fraction of sp³-hybridized carbons (Fsp3) is 0.417. The highest BCUT2D eigenvalue weighted by Crippen LogP contribution is 2.24. The molecule has 1 saturated heterocycles. The van der Waals surface area contributed by atoms with E-state index in [4.69, 9.17) is 21.3 Å². The summed E-state index contributed by atoms with van der Waals surface area (Å²) in [6.45, 7) is 7.67. The van der Waals surface area contributed by atoms with E-state index in [1.807, 2.05) is 63.2 Å². The van der Waals surface area contributed by atoms with Crippen molar-refractivity contribution in [2.45, 2.75) is 51.8 Å². The maximum atomic E-state index is 12.5. The number of piperidine rings is 1. The number of carbonyl (C=O) groups is 1. The average Bonchev–Trinajstić information content (AvgIpc) is 3.06. The number of nitrogens with one attached hydrogen (secondary N) is 1. The number of anilines is 1. The normalized spacial score (nSPS) is 17.0. The summed E-state index contributed by atoms with van der Waals surface area (Å²) in [5, 5.41) is 4.32. The molecule has 1 aliphatic heterocycles. The molecule has 0 bridgehead atoms. The van der Waals surface area contributed by atoms with Gasteiger partial charge in [0, 0.05) is 24.2 Å². The Hall–Kier alpha value is -2.73. The summed E-state index contributed by atoms with van der Waals surface area (Å²) in [5.41, 5.74) is 2.66. The van der Waals surface area contributed by atoms with E-state index in [9.17, 15) is 4.79 Å². The van der Waals surface area contributed by atoms with Crippen molar-refractivity contribution in [1.82, 2.24) is 14.5 Å². The van der Waals surface area contributed by atoms with Crippen LogP contribution in [0.1, 0.15) is 39.2 Å². The number of para-hydroxylation sites is 2. The van der Waals surface area contributed by atoms with Crippen molar-refractivity contribution in [2.24, 2.45) is 0 Å². The molecule has 0 aliphatic carbocycles. The molecule has 0 radical (unpaired) electrons. The molecule has 0 saturated carbocycles. The van der Waals surface area contributed by atoms with Crippen molar-refractivity contribution in [3.8, 4) is 0 Å². The van der Waals surface area contributed by atoms with Crippen LogP contribution in [0.3, 0.4) is 0 Å². The zero-order chi connectivity index (χ0) is 22.0. The second kappa shape index (κ2) is 8.79. The third-order valence-corrected chi connectivity index (χ3v) is 5.57. The fourth-order valence-corrected chi connectivity index (χ4v) is 4.01. The number of benzene rings is 2. The lowest BCUT2D eigenvalue weighted by Crippen LogP contribution is -2.47. The number of fused-ring (bicyclic) bond motifs is 1. The molecule has 164 valence electrons. The van der Waals surface area contributed by atoms with E-state index in [2.05, 4.69) is 16.0 Å². The molecule has 1 fully saturated rings. The Morgan fingerprint density at radius 1 is 1.19 bits per heavy atom. The van der Waals surface area contributed by atoms with Gasteiger partial charge < -0.3 is 19.5 Å². The number of imidazole rings is 1. The topological polar surface area (TPSA) is 59.4 Å². The van der Waals surface area contributed by atoms with E-state index in [0.29, 0.717) is 19.6 Å². The number of halogens is 1. The molecule has 2 aromatic carbocycles. The number of nitrogens with zero attached hydrogens (tertiary/aromatic N) is 3. The second-order valence-electron chi connectivity index (χ2n) is 9.05. The summed E-state index contributed by atoms with van der Waals surface area (Å²) in [6.07, 6.45) is 1.64. The minimum absolute atomic E-state index is 0.113. The van der Waals surface area contributed by atoms with Crippen molar-refractivity contribution in [1.29, 1.82) is 0 Å². The summed E-state index contributed by atoms with van der Waals surface area (Å²) in [7, 11) is 0. The lowest BCUT2D eigenvalue weighted by atomic mass is 10.1. The number of rotatable bonds is 4. The van der Waals surface area contributed by atoms with Crippen LogP contribution >= 0.6 is 11.6 Å². The molecule has 1 N–H and O–H groups in total. The molecular formula is C24H29ClN4O2. The van der Waals surface area contributed by atoms with E-state index in [-0.39, 0.29) is 12.1 Å². The first-order valence-corrected chi connectivity index (χ1v) is 11.1. The Bertz CT molecular complexity index is 1060. The van der Waals surface area contributed by atoms with Gasteiger partial charge in [0.25, 0.3) is 0 Å². The zero-order valence-corrected chi connectivity index (χ0v) is 19.0. The first-order chi connectivity index (χ1) is 14.8. The first-order valence-electron chi connectivity index (χ1n) is 10.7. The minimum Gasteiger partial charge on any atom is -0.444 e. The third-order valence-electron chi connectivity index (χ3n) is 5.31. The van der Waals surface area contributed by atoms with Gasteiger partial charge in [-0.25, -0.2) is 9.78 Å². The second-order valence-corrected chi connectivity index (χ2v) is 9.48. The Morgan fingerprint density at radius 2 is 1.94 bits per heavy atom. The largest absolute Gasteiger partial charge is 0.444 e. The quantitative estimate of drug-likeness (QED) is 0.577. The number of hydrogen-bond acceptors (Lipinski definition) is 4. The first kappa shape index (κ1) is 21.5. The van der Waals surface area contributed by atoms with Gasteiger partial charge in [-0.15, -0.1) is 0 Å². The smallest absolute Gasteiger partial charge is 0.410 e. The van der Waals surface area contributed by atoms with Gasteiger partial charge in [0.15, 0.2) is 0 Å². The van der Waals surface area contributed by atoms with E-state index in [1.165, 1.54) is 0 Å². The monoisotopic (exact) mass is 440 g/mol. The van der Waals surface area contributed by atoms with Gasteiger partial charge >= 0.3 is 6.09 Å². The molecule has 1 atom stereocenters. The molecule has 2 heterocycles. The Labute approximate surface area is 188 Å². The highest BCUT2D eigenvalue weighted by Gasteiger charge is 2.28. The highest BCUT2D eigenvalue weighted by atomic mass is 35.5. The number of likely N-dealkylation sites (tertiary alicyclic amines) is 1. The number of hydrogen-bond donors (Lipinski definition) is 1. The maximum absolute atomic E-state index is 12.5. The van der Waals surface area contributed by atoms with E-state index >= 15 is 0 Å². The van der Waals surface area contributed by atoms with Gasteiger partial charge in [0.1, 0.15) is 5.60 Å². The van der Waals surface area contributed by atoms with Crippen LogP contribution in [-0.4, -0.2) is 45.3 Å². The summed E-state index contributed by atoms with van der Waals surface area (Å²) in [6, 6.07) is 16.1. The summed E-state index contributed by atoms with van der Waals surface area (Å²) >= 11 is 6.05. The Balaban J connectivity index is 1.55. The van der Waals surface area contributed by atoms with Gasteiger partial charge in [-0.05, 0) is 63.4 Å². The third kappa shape index (κ3) is 5.31. The van der Waals surface area contributed by atoms with E-state index in [0.717, 1.165) is 40.4 Å². The molecule has 1 aliphatic rings. The van der Waals surface area contributed by atoms with Crippen LogP contribution in [-0.2, 0) is 11.3 Å². The molecule has 4 rings (SSSR count). The van der Waals surface area contributed by atoms with E-state index in [1.54, 1.807) is 4.90 Å². The molecule has 1 aromatic heterocycles. The van der Waals surface area contributed by atoms with Crippen LogP contribution in [0.15, 0.2) is 48.5 Å². The molecular weight excluding hydrogens is 412 g/mol. The number of aromatic nitrogens is 2. The lowest BCUT2D eigenvalue weighted by molar-refractivity contribution is 0.0206. The highest BCUT2D eigenvalue weighted by molar-refractivity contribution is 6.30. The van der Waals surface area contributed by atoms with Crippen LogP contribution in [0.5, 0.6) is 0 Å². The predicted octanol–water partition coefficient (Wildman–Crippen LogP) is 5.55. The molecule has 1 unspecified atom stereocenters. The minimum atomic E-state index is -0.496. The average molecular weight is 441 g/mol. The molecule has 1 amide bonds. The van der Waals surface area contributed by atoms with Crippen LogP contribution < -0.4 is 5.32 Å². The predicted molar refractivity (Wildman–Crippen MR) is 125 cm³/mol. The number of amides is 1. The summed E-state index contributed by atoms with van der Waals surface area (Å²) < 4.78 is 7.75. The maximum Gasteiger partial charge on any atom is 0.410 e. The molecule has 31 heavy (non-hydrogen) atoms. The van der Waals surface area contributed by atoms with Crippen LogP contribution in [0, 0.1) is 0 Å².